The summed E-state index contributed by atoms with van der Waals surface area (Å²) in [6, 6.07) is 16.9. The van der Waals surface area contributed by atoms with Crippen molar-refractivity contribution in [2.24, 2.45) is 0 Å². The van der Waals surface area contributed by atoms with Gasteiger partial charge in [0, 0.05) is 43.7 Å². The number of amides is 2. The number of rotatable bonds is 15. The predicted molar refractivity (Wildman–Crippen MR) is 179 cm³/mol. The Morgan fingerprint density at radius 1 is 1.02 bits per heavy atom. The Morgan fingerprint density at radius 3 is 2.57 bits per heavy atom. The molecule has 2 aromatic carbocycles. The molecule has 0 radical (unpaired) electrons. The lowest BCUT2D eigenvalue weighted by molar-refractivity contribution is -0.115. The normalized spacial score (nSPS) is 13.5. The van der Waals surface area contributed by atoms with Crippen molar-refractivity contribution in [2.75, 3.05) is 57.1 Å². The van der Waals surface area contributed by atoms with E-state index in [1.807, 2.05) is 47.4 Å². The smallest absolute Gasteiger partial charge is 0.254 e. The van der Waals surface area contributed by atoms with Crippen LogP contribution in [-0.4, -0.2) is 82.7 Å². The second-order valence-electron chi connectivity index (χ2n) is 11.6. The topological polar surface area (TPSA) is 104 Å². The molecular formula is C35H44FN7O3. The average molecular weight is 630 g/mol. The van der Waals surface area contributed by atoms with E-state index in [0.717, 1.165) is 30.9 Å². The second-order valence-corrected chi connectivity index (χ2v) is 11.6. The Morgan fingerprint density at radius 2 is 1.83 bits per heavy atom. The first-order valence-corrected chi connectivity index (χ1v) is 16.2. The number of imidazole rings is 1. The summed E-state index contributed by atoms with van der Waals surface area (Å²) >= 11 is 0. The molecule has 11 heteroatoms. The van der Waals surface area contributed by atoms with Gasteiger partial charge in [-0.1, -0.05) is 25.5 Å². The van der Waals surface area contributed by atoms with Gasteiger partial charge in [-0.2, -0.15) is 0 Å². The summed E-state index contributed by atoms with van der Waals surface area (Å²) in [5.41, 5.74) is 4.02. The number of fused-ring (bicyclic) bond motifs is 1. The number of methoxy groups -OCH3 is 1. The van der Waals surface area contributed by atoms with Crippen molar-refractivity contribution < 1.29 is 18.7 Å². The number of benzene rings is 2. The van der Waals surface area contributed by atoms with Crippen LogP contribution in [-0.2, 0) is 11.3 Å². The van der Waals surface area contributed by atoms with Crippen molar-refractivity contribution in [3.63, 3.8) is 0 Å². The van der Waals surface area contributed by atoms with E-state index in [2.05, 4.69) is 20.5 Å². The van der Waals surface area contributed by atoms with Gasteiger partial charge in [-0.15, -0.1) is 5.10 Å². The molecule has 1 saturated heterocycles. The fourth-order valence-corrected chi connectivity index (χ4v) is 5.66. The van der Waals surface area contributed by atoms with Crippen molar-refractivity contribution in [2.45, 2.75) is 52.0 Å². The highest BCUT2D eigenvalue weighted by Gasteiger charge is 2.22. The van der Waals surface area contributed by atoms with Crippen molar-refractivity contribution in [3.05, 3.63) is 71.9 Å². The fraction of sp³-hybridized carbons (Fsp3) is 0.429. The van der Waals surface area contributed by atoms with Crippen LogP contribution in [0.2, 0.25) is 0 Å². The van der Waals surface area contributed by atoms with Gasteiger partial charge in [-0.05, 0) is 86.8 Å². The van der Waals surface area contributed by atoms with Gasteiger partial charge in [0.15, 0.2) is 5.65 Å². The lowest BCUT2D eigenvalue weighted by Crippen LogP contribution is -2.40. The molecule has 4 aromatic rings. The first-order valence-electron chi connectivity index (χ1n) is 16.2. The predicted octanol–water partition coefficient (Wildman–Crippen LogP) is 6.04. The molecule has 5 rings (SSSR count). The number of halogens is 1. The SMILES string of the molecule is CCC(=O)Nc1cc(C(=O)N(CCN2CCCCC2)Cc2ccc(OC)cc2)ccc1-c1cnc2ccc(NCCCCF)nn12. The molecule has 46 heavy (non-hydrogen) atoms. The molecule has 1 fully saturated rings. The van der Waals surface area contributed by atoms with Crippen molar-refractivity contribution in [1.29, 1.82) is 0 Å². The lowest BCUT2D eigenvalue weighted by atomic mass is 10.0. The molecule has 3 heterocycles. The minimum Gasteiger partial charge on any atom is -0.497 e. The van der Waals surface area contributed by atoms with Crippen LogP contribution < -0.4 is 15.4 Å². The summed E-state index contributed by atoms with van der Waals surface area (Å²) in [7, 11) is 1.64. The van der Waals surface area contributed by atoms with Crippen LogP contribution in [0.5, 0.6) is 5.75 Å². The zero-order chi connectivity index (χ0) is 32.3. The first-order chi connectivity index (χ1) is 22.5. The summed E-state index contributed by atoms with van der Waals surface area (Å²) in [5, 5.41) is 11.0. The number of carbonyl (C=O) groups excluding carboxylic acids is 2. The zero-order valence-electron chi connectivity index (χ0n) is 26.8. The van der Waals surface area contributed by atoms with Crippen molar-refractivity contribution in [3.8, 4) is 17.0 Å². The molecule has 1 aliphatic heterocycles. The number of nitrogens with zero attached hydrogens (tertiary/aromatic N) is 5. The number of hydrogen-bond donors (Lipinski definition) is 2. The Balaban J connectivity index is 1.44. The van der Waals surface area contributed by atoms with E-state index in [-0.39, 0.29) is 24.9 Å². The van der Waals surface area contributed by atoms with E-state index < -0.39 is 0 Å². The van der Waals surface area contributed by atoms with Crippen LogP contribution in [0.25, 0.3) is 16.9 Å². The summed E-state index contributed by atoms with van der Waals surface area (Å²) in [5.74, 6) is 1.13. The van der Waals surface area contributed by atoms with Gasteiger partial charge in [0.2, 0.25) is 5.91 Å². The largest absolute Gasteiger partial charge is 0.497 e. The number of piperidine rings is 1. The van der Waals surface area contributed by atoms with Crippen LogP contribution in [0.1, 0.15) is 61.4 Å². The molecule has 2 amide bonds. The summed E-state index contributed by atoms with van der Waals surface area (Å²) in [6.07, 6.45) is 6.81. The van der Waals surface area contributed by atoms with E-state index in [1.165, 1.54) is 19.3 Å². The third kappa shape index (κ3) is 8.39. The van der Waals surface area contributed by atoms with Crippen LogP contribution >= 0.6 is 0 Å². The van der Waals surface area contributed by atoms with Crippen LogP contribution in [0.3, 0.4) is 0 Å². The fourth-order valence-electron chi connectivity index (χ4n) is 5.66. The minimum absolute atomic E-state index is 0.109. The van der Waals surface area contributed by atoms with E-state index >= 15 is 0 Å². The maximum Gasteiger partial charge on any atom is 0.254 e. The third-order valence-corrected chi connectivity index (χ3v) is 8.32. The standard InChI is InChI=1S/C35H44FN7O3/c1-3-34(44)39-30-23-27(11-14-29(30)31-24-38-33-16-15-32(40-43(31)33)37-18-6-5-17-36)35(45)42(22-21-41-19-7-4-8-20-41)25-26-9-12-28(46-2)13-10-26/h9-16,23-24H,3-8,17-22,25H2,1-2H3,(H,37,40)(H,39,44). The molecule has 1 aliphatic rings. The first kappa shape index (κ1) is 32.9. The van der Waals surface area contributed by atoms with Crippen molar-refractivity contribution in [1.82, 2.24) is 24.4 Å². The quantitative estimate of drug-likeness (QED) is 0.155. The van der Waals surface area contributed by atoms with Gasteiger partial charge in [0.1, 0.15) is 11.6 Å². The molecule has 10 nitrogen and oxygen atoms in total. The number of hydrogen-bond acceptors (Lipinski definition) is 7. The second kappa shape index (κ2) is 16.2. The zero-order valence-corrected chi connectivity index (χ0v) is 26.8. The van der Waals surface area contributed by atoms with E-state index in [9.17, 15) is 14.0 Å². The molecule has 0 bridgehead atoms. The number of aromatic nitrogens is 3. The summed E-state index contributed by atoms with van der Waals surface area (Å²) < 4.78 is 19.6. The van der Waals surface area contributed by atoms with Gasteiger partial charge in [0.05, 0.1) is 31.4 Å². The van der Waals surface area contributed by atoms with Gasteiger partial charge >= 0.3 is 0 Å². The van der Waals surface area contributed by atoms with Gasteiger partial charge < -0.3 is 25.2 Å². The van der Waals surface area contributed by atoms with Gasteiger partial charge in [0.25, 0.3) is 5.91 Å². The average Bonchev–Trinajstić information content (AvgIpc) is 3.52. The number of nitrogens with one attached hydrogen (secondary N) is 2. The molecule has 0 spiro atoms. The highest BCUT2D eigenvalue weighted by molar-refractivity contribution is 6.00. The molecular weight excluding hydrogens is 585 g/mol. The van der Waals surface area contributed by atoms with E-state index in [4.69, 9.17) is 9.84 Å². The number of carbonyl (C=O) groups is 2. The molecule has 244 valence electrons. The minimum atomic E-state index is -0.345. The van der Waals surface area contributed by atoms with Crippen LogP contribution in [0.15, 0.2) is 60.8 Å². The maximum absolute atomic E-state index is 14.2. The molecule has 0 atom stereocenters. The van der Waals surface area contributed by atoms with Gasteiger partial charge in [-0.25, -0.2) is 9.50 Å². The Hall–Kier alpha value is -4.51. The maximum atomic E-state index is 14.2. The number of ether oxygens (including phenoxy) is 1. The molecule has 0 aliphatic carbocycles. The Labute approximate surface area is 269 Å². The molecule has 0 saturated carbocycles. The molecule has 2 N–H and O–H groups in total. The highest BCUT2D eigenvalue weighted by atomic mass is 19.1. The molecule has 2 aromatic heterocycles. The van der Waals surface area contributed by atoms with E-state index in [0.29, 0.717) is 66.4 Å². The highest BCUT2D eigenvalue weighted by Crippen LogP contribution is 2.31. The Kier molecular flexibility index (Phi) is 11.6. The number of unbranched alkanes of at least 4 members (excludes halogenated alkanes) is 1. The van der Waals surface area contributed by atoms with E-state index in [1.54, 1.807) is 36.9 Å². The summed E-state index contributed by atoms with van der Waals surface area (Å²) in [4.78, 5) is 35.7. The number of alkyl halides is 1. The van der Waals surface area contributed by atoms with Crippen molar-refractivity contribution >= 4 is 29.0 Å². The van der Waals surface area contributed by atoms with Crippen LogP contribution in [0, 0.1) is 0 Å². The monoisotopic (exact) mass is 629 g/mol. The summed E-state index contributed by atoms with van der Waals surface area (Å²) in [6.45, 7) is 5.99. The number of likely N-dealkylation sites (tertiary alicyclic amines) is 1. The molecule has 0 unspecified atom stereocenters. The van der Waals surface area contributed by atoms with Crippen LogP contribution in [0.4, 0.5) is 15.9 Å². The van der Waals surface area contributed by atoms with Gasteiger partial charge in [-0.3, -0.25) is 14.0 Å². The Bertz CT molecular complexity index is 1600. The lowest BCUT2D eigenvalue weighted by Gasteiger charge is -2.30. The third-order valence-electron chi connectivity index (χ3n) is 8.32. The number of anilines is 2.